The predicted octanol–water partition coefficient (Wildman–Crippen LogP) is 4.33. The lowest BCUT2D eigenvalue weighted by Crippen LogP contribution is -2.29. The van der Waals surface area contributed by atoms with Crippen molar-refractivity contribution in [2.24, 2.45) is 11.8 Å². The first-order valence-electron chi connectivity index (χ1n) is 13.0. The highest BCUT2D eigenvalue weighted by Crippen LogP contribution is 2.42. The summed E-state index contributed by atoms with van der Waals surface area (Å²) in [6, 6.07) is 1.55. The Morgan fingerprint density at radius 3 is 2.60 bits per heavy atom. The van der Waals surface area contributed by atoms with Crippen LogP contribution in [0.5, 0.6) is 0 Å². The van der Waals surface area contributed by atoms with Gasteiger partial charge in [0.05, 0.1) is 28.5 Å². The second kappa shape index (κ2) is 10.7. The Morgan fingerprint density at radius 2 is 1.95 bits per heavy atom. The fourth-order valence-corrected chi connectivity index (χ4v) is 5.33. The van der Waals surface area contributed by atoms with E-state index in [0.29, 0.717) is 24.0 Å². The molecule has 2 amide bonds. The first-order chi connectivity index (χ1) is 20.1. The molecule has 4 aromatic rings. The molecule has 2 aliphatic rings. The van der Waals surface area contributed by atoms with Crippen LogP contribution in [0.3, 0.4) is 0 Å². The van der Waals surface area contributed by atoms with Crippen LogP contribution in [0.15, 0.2) is 49.3 Å². The Hall–Kier alpha value is -4.59. The number of fused-ring (bicyclic) bond motifs is 1. The number of carbonyl (C=O) groups excluding carboxylic acids is 2. The highest BCUT2D eigenvalue weighted by molar-refractivity contribution is 6.31. The first-order valence-corrected chi connectivity index (χ1v) is 13.3. The van der Waals surface area contributed by atoms with Gasteiger partial charge in [-0.05, 0) is 31.7 Å². The summed E-state index contributed by atoms with van der Waals surface area (Å²) in [4.78, 5) is 39.8. The number of amides is 2. The van der Waals surface area contributed by atoms with Crippen molar-refractivity contribution in [2.75, 3.05) is 16.8 Å². The standard InChI is InChI=1S/C27H22ClF3N8O3/c1-13(15-6-32-27(33-7-15)38-9-14-2-3-17(14)26(38)41)39-10-16(8-34-39)35-25(40)21-12-37(42)11-20(36-21)22-18(24(30)31)4-5-19(28)23(22)29/h4-8,10-14,17,24H,2-3,9H2,1H3,(H,35,40)/t13-,14+,17+/m0/s1. The van der Waals surface area contributed by atoms with E-state index in [1.165, 1.54) is 12.4 Å². The summed E-state index contributed by atoms with van der Waals surface area (Å²) in [5, 5.41) is 18.6. The van der Waals surface area contributed by atoms with Gasteiger partial charge in [-0.25, -0.2) is 28.1 Å². The molecule has 0 spiro atoms. The van der Waals surface area contributed by atoms with Gasteiger partial charge in [0, 0.05) is 42.2 Å². The zero-order valence-electron chi connectivity index (χ0n) is 21.9. The summed E-state index contributed by atoms with van der Waals surface area (Å²) in [6.45, 7) is 2.47. The van der Waals surface area contributed by atoms with Crippen LogP contribution in [-0.2, 0) is 4.79 Å². The van der Waals surface area contributed by atoms with Crippen LogP contribution in [0, 0.1) is 22.9 Å². The Balaban J connectivity index is 1.18. The van der Waals surface area contributed by atoms with Crippen LogP contribution < -0.4 is 14.9 Å². The molecule has 1 N–H and O–H groups in total. The lowest BCUT2D eigenvalue weighted by Gasteiger charge is -2.25. The van der Waals surface area contributed by atoms with Gasteiger partial charge in [0.2, 0.25) is 24.2 Å². The van der Waals surface area contributed by atoms with Crippen molar-refractivity contribution in [1.29, 1.82) is 0 Å². The van der Waals surface area contributed by atoms with E-state index in [2.05, 4.69) is 25.4 Å². The van der Waals surface area contributed by atoms with Crippen LogP contribution in [0.4, 0.5) is 24.8 Å². The molecule has 3 aromatic heterocycles. The summed E-state index contributed by atoms with van der Waals surface area (Å²) in [5.41, 5.74) is -1.38. The Morgan fingerprint density at radius 1 is 1.19 bits per heavy atom. The molecular weight excluding hydrogens is 577 g/mol. The molecule has 11 nitrogen and oxygen atoms in total. The van der Waals surface area contributed by atoms with Crippen molar-refractivity contribution in [2.45, 2.75) is 32.2 Å². The maximum absolute atomic E-state index is 14.7. The number of aromatic nitrogens is 6. The average molecular weight is 599 g/mol. The number of anilines is 2. The molecule has 1 aliphatic heterocycles. The molecule has 0 radical (unpaired) electrons. The fourth-order valence-electron chi connectivity index (χ4n) is 5.17. The molecule has 1 saturated heterocycles. The van der Waals surface area contributed by atoms with E-state index in [1.807, 2.05) is 6.92 Å². The summed E-state index contributed by atoms with van der Waals surface area (Å²) in [5.74, 6) is -1.16. The van der Waals surface area contributed by atoms with Crippen molar-refractivity contribution in [3.05, 3.63) is 82.2 Å². The minimum atomic E-state index is -3.08. The van der Waals surface area contributed by atoms with E-state index in [0.717, 1.165) is 37.4 Å². The molecule has 1 aromatic carbocycles. The van der Waals surface area contributed by atoms with Crippen LogP contribution in [0.2, 0.25) is 5.02 Å². The second-order valence-electron chi connectivity index (χ2n) is 10.2. The van der Waals surface area contributed by atoms with Crippen molar-refractivity contribution < 1.29 is 27.5 Å². The van der Waals surface area contributed by atoms with Gasteiger partial charge in [0.1, 0.15) is 5.69 Å². The Labute approximate surface area is 241 Å². The van der Waals surface area contributed by atoms with E-state index in [9.17, 15) is 28.0 Å². The normalized spacial score (nSPS) is 18.6. The van der Waals surface area contributed by atoms with Crippen LogP contribution in [0.25, 0.3) is 11.3 Å². The zero-order chi connectivity index (χ0) is 29.7. The Kier molecular flexibility index (Phi) is 7.01. The number of alkyl halides is 2. The summed E-state index contributed by atoms with van der Waals surface area (Å²) < 4.78 is 43.6. The maximum atomic E-state index is 14.7. The van der Waals surface area contributed by atoms with Gasteiger partial charge in [0.25, 0.3) is 12.3 Å². The highest BCUT2D eigenvalue weighted by atomic mass is 35.5. The predicted molar refractivity (Wildman–Crippen MR) is 143 cm³/mol. The molecule has 4 heterocycles. The van der Waals surface area contributed by atoms with E-state index in [1.54, 1.807) is 22.0 Å². The average Bonchev–Trinajstić information content (AvgIpc) is 3.50. The van der Waals surface area contributed by atoms with Gasteiger partial charge in [0.15, 0.2) is 11.5 Å². The quantitative estimate of drug-likeness (QED) is 0.247. The summed E-state index contributed by atoms with van der Waals surface area (Å²) in [6.07, 6.45) is 6.59. The molecule has 1 aliphatic carbocycles. The van der Waals surface area contributed by atoms with Crippen molar-refractivity contribution in [3.63, 3.8) is 0 Å². The van der Waals surface area contributed by atoms with Gasteiger partial charge in [-0.2, -0.15) is 9.83 Å². The minimum Gasteiger partial charge on any atom is -0.619 e. The smallest absolute Gasteiger partial charge is 0.280 e. The number of rotatable bonds is 7. The van der Waals surface area contributed by atoms with E-state index < -0.39 is 45.7 Å². The van der Waals surface area contributed by atoms with Crippen molar-refractivity contribution in [3.8, 4) is 11.3 Å². The van der Waals surface area contributed by atoms with Gasteiger partial charge < -0.3 is 10.5 Å². The topological polar surface area (TPSA) is 133 Å². The molecule has 15 heteroatoms. The third kappa shape index (κ3) is 4.91. The van der Waals surface area contributed by atoms with Gasteiger partial charge in [-0.1, -0.05) is 17.7 Å². The number of hydrogen-bond acceptors (Lipinski definition) is 7. The largest absolute Gasteiger partial charge is 0.619 e. The molecule has 3 atom stereocenters. The molecule has 0 unspecified atom stereocenters. The summed E-state index contributed by atoms with van der Waals surface area (Å²) >= 11 is 5.77. The molecule has 0 bridgehead atoms. The molecule has 6 rings (SSSR count). The Bertz CT molecular complexity index is 1700. The molecule has 1 saturated carbocycles. The molecular formula is C27H22ClF3N8O3. The zero-order valence-corrected chi connectivity index (χ0v) is 22.7. The van der Waals surface area contributed by atoms with Crippen LogP contribution in [0.1, 0.15) is 53.8 Å². The fraction of sp³-hybridized carbons (Fsp3) is 0.296. The number of hydrogen-bond donors (Lipinski definition) is 1. The van der Waals surface area contributed by atoms with Crippen LogP contribution >= 0.6 is 11.6 Å². The lowest BCUT2D eigenvalue weighted by molar-refractivity contribution is -0.605. The van der Waals surface area contributed by atoms with Gasteiger partial charge in [-0.15, -0.1) is 0 Å². The maximum Gasteiger partial charge on any atom is 0.280 e. The number of halogens is 4. The van der Waals surface area contributed by atoms with E-state index in [4.69, 9.17) is 11.6 Å². The third-order valence-corrected chi connectivity index (χ3v) is 7.94. The highest BCUT2D eigenvalue weighted by Gasteiger charge is 2.47. The molecule has 2 fully saturated rings. The molecule has 42 heavy (non-hydrogen) atoms. The minimum absolute atomic E-state index is 0.0641. The second-order valence-corrected chi connectivity index (χ2v) is 10.6. The van der Waals surface area contributed by atoms with Crippen LogP contribution in [-0.4, -0.2) is 43.1 Å². The number of benzene rings is 1. The van der Waals surface area contributed by atoms with E-state index >= 15 is 0 Å². The number of nitrogens with one attached hydrogen (secondary N) is 1. The SMILES string of the molecule is C[C@@H](c1cnc(N2C[C@H]3CC[C@H]3C2=O)nc1)n1cc(NC(=O)c2c[n+]([O-])cc(-c3c(C(F)F)ccc(Cl)c3F)n2)cn1. The monoisotopic (exact) mass is 598 g/mol. The molecule has 216 valence electrons. The van der Waals surface area contributed by atoms with E-state index in [-0.39, 0.29) is 28.3 Å². The van der Waals surface area contributed by atoms with Gasteiger partial charge in [-0.3, -0.25) is 19.2 Å². The first kappa shape index (κ1) is 27.6. The van der Waals surface area contributed by atoms with Crippen molar-refractivity contribution >= 4 is 35.1 Å². The summed E-state index contributed by atoms with van der Waals surface area (Å²) in [7, 11) is 0. The third-order valence-electron chi connectivity index (χ3n) is 7.65. The number of carbonyl (C=O) groups is 2. The van der Waals surface area contributed by atoms with Gasteiger partial charge >= 0.3 is 0 Å². The van der Waals surface area contributed by atoms with Crippen molar-refractivity contribution in [1.82, 2.24) is 24.7 Å². The number of nitrogens with zero attached hydrogens (tertiary/aromatic N) is 7. The lowest BCUT2D eigenvalue weighted by atomic mass is 9.76.